The zero-order valence-electron chi connectivity index (χ0n) is 13.8. The van der Waals surface area contributed by atoms with Crippen molar-refractivity contribution in [1.29, 1.82) is 0 Å². The van der Waals surface area contributed by atoms with Crippen molar-refractivity contribution in [1.82, 2.24) is 5.32 Å². The number of nitrogens with two attached hydrogens (primary N) is 1. The third kappa shape index (κ3) is 2.99. The van der Waals surface area contributed by atoms with Crippen LogP contribution in [0.25, 0.3) is 0 Å². The minimum Gasteiger partial charge on any atom is -0.356 e. The molecule has 0 radical (unpaired) electrons. The minimum atomic E-state index is -0.0156. The Labute approximate surface area is 129 Å². The molecule has 21 heavy (non-hydrogen) atoms. The fourth-order valence-corrected chi connectivity index (χ4v) is 5.94. The molecule has 4 bridgehead atoms. The van der Waals surface area contributed by atoms with E-state index in [9.17, 15) is 4.79 Å². The molecule has 3 unspecified atom stereocenters. The van der Waals surface area contributed by atoms with E-state index in [1.165, 1.54) is 19.3 Å². The van der Waals surface area contributed by atoms with E-state index in [0.29, 0.717) is 17.2 Å². The summed E-state index contributed by atoms with van der Waals surface area (Å²) < 4.78 is 0. The number of rotatable bonds is 6. The second-order valence-electron chi connectivity index (χ2n) is 8.79. The van der Waals surface area contributed by atoms with E-state index in [0.717, 1.165) is 57.0 Å². The van der Waals surface area contributed by atoms with E-state index in [-0.39, 0.29) is 5.41 Å². The molecule has 0 saturated heterocycles. The summed E-state index contributed by atoms with van der Waals surface area (Å²) in [6.45, 7) is 6.19. The van der Waals surface area contributed by atoms with Gasteiger partial charge in [0.05, 0.1) is 5.41 Å². The molecular formula is C18H32N2O. The quantitative estimate of drug-likeness (QED) is 0.739. The monoisotopic (exact) mass is 292 g/mol. The van der Waals surface area contributed by atoms with Crippen LogP contribution in [0.1, 0.15) is 65.2 Å². The molecule has 4 fully saturated rings. The van der Waals surface area contributed by atoms with Crippen LogP contribution in [-0.2, 0) is 4.79 Å². The number of nitrogens with one attached hydrogen (secondary N) is 1. The first kappa shape index (κ1) is 15.3. The zero-order valence-corrected chi connectivity index (χ0v) is 13.8. The van der Waals surface area contributed by atoms with E-state index in [1.807, 2.05) is 0 Å². The highest BCUT2D eigenvalue weighted by atomic mass is 16.2. The molecule has 0 heterocycles. The normalized spacial score (nSPS) is 42.0. The molecule has 4 aliphatic carbocycles. The molecule has 0 aliphatic heterocycles. The lowest BCUT2D eigenvalue weighted by molar-refractivity contribution is -0.155. The predicted molar refractivity (Wildman–Crippen MR) is 85.7 cm³/mol. The van der Waals surface area contributed by atoms with Crippen LogP contribution in [0.15, 0.2) is 0 Å². The molecule has 3 heteroatoms. The molecule has 0 aromatic heterocycles. The highest BCUT2D eigenvalue weighted by molar-refractivity contribution is 5.83. The van der Waals surface area contributed by atoms with Crippen LogP contribution in [-0.4, -0.2) is 19.0 Å². The second kappa shape index (κ2) is 5.57. The van der Waals surface area contributed by atoms with Crippen molar-refractivity contribution < 1.29 is 4.79 Å². The van der Waals surface area contributed by atoms with E-state index in [4.69, 9.17) is 5.73 Å². The Hall–Kier alpha value is -0.570. The number of carbonyl (C=O) groups excluding carboxylic acids is 1. The van der Waals surface area contributed by atoms with Crippen LogP contribution >= 0.6 is 0 Å². The lowest BCUT2D eigenvalue weighted by Gasteiger charge is -2.60. The third-order valence-electron chi connectivity index (χ3n) is 6.40. The first-order chi connectivity index (χ1) is 9.95. The number of hydrogen-bond acceptors (Lipinski definition) is 2. The van der Waals surface area contributed by atoms with Gasteiger partial charge < -0.3 is 11.1 Å². The van der Waals surface area contributed by atoms with Crippen LogP contribution in [0.5, 0.6) is 0 Å². The van der Waals surface area contributed by atoms with Crippen molar-refractivity contribution >= 4 is 5.91 Å². The van der Waals surface area contributed by atoms with Crippen LogP contribution in [0, 0.1) is 28.6 Å². The summed E-state index contributed by atoms with van der Waals surface area (Å²) in [7, 11) is 0. The Morgan fingerprint density at radius 2 is 1.95 bits per heavy atom. The van der Waals surface area contributed by atoms with E-state index in [1.54, 1.807) is 0 Å². The Bertz CT molecular complexity index is 392. The van der Waals surface area contributed by atoms with Gasteiger partial charge in [-0.2, -0.15) is 0 Å². The molecule has 120 valence electrons. The molecular weight excluding hydrogens is 260 g/mol. The van der Waals surface area contributed by atoms with Gasteiger partial charge in [-0.1, -0.05) is 13.8 Å². The van der Waals surface area contributed by atoms with Crippen molar-refractivity contribution in [2.75, 3.05) is 13.1 Å². The first-order valence-electron chi connectivity index (χ1n) is 8.93. The van der Waals surface area contributed by atoms with Crippen molar-refractivity contribution in [2.24, 2.45) is 34.3 Å². The highest BCUT2D eigenvalue weighted by Gasteiger charge is 2.58. The lowest BCUT2D eigenvalue weighted by Crippen LogP contribution is -2.56. The van der Waals surface area contributed by atoms with Gasteiger partial charge in [0.15, 0.2) is 0 Å². The van der Waals surface area contributed by atoms with Gasteiger partial charge in [-0.15, -0.1) is 0 Å². The minimum absolute atomic E-state index is 0.0156. The van der Waals surface area contributed by atoms with Gasteiger partial charge in [-0.05, 0) is 81.1 Å². The van der Waals surface area contributed by atoms with Crippen molar-refractivity contribution in [3.05, 3.63) is 0 Å². The maximum atomic E-state index is 12.8. The maximum absolute atomic E-state index is 12.8. The zero-order chi connectivity index (χ0) is 15.1. The van der Waals surface area contributed by atoms with Crippen LogP contribution < -0.4 is 11.1 Å². The molecule has 4 rings (SSSR count). The summed E-state index contributed by atoms with van der Waals surface area (Å²) in [6, 6.07) is 0. The van der Waals surface area contributed by atoms with Gasteiger partial charge in [0, 0.05) is 6.54 Å². The number of carbonyl (C=O) groups is 1. The molecule has 0 aromatic carbocycles. The average molecular weight is 292 g/mol. The fraction of sp³-hybridized carbons (Fsp3) is 0.944. The largest absolute Gasteiger partial charge is 0.356 e. The molecule has 3 atom stereocenters. The summed E-state index contributed by atoms with van der Waals surface area (Å²) in [6.07, 6.45) is 9.75. The second-order valence-corrected chi connectivity index (χ2v) is 8.79. The topological polar surface area (TPSA) is 55.1 Å². The predicted octanol–water partition coefficient (Wildman–Crippen LogP) is 3.08. The van der Waals surface area contributed by atoms with Crippen LogP contribution in [0.4, 0.5) is 0 Å². The smallest absolute Gasteiger partial charge is 0.226 e. The molecule has 3 nitrogen and oxygen atoms in total. The Balaban J connectivity index is 1.55. The van der Waals surface area contributed by atoms with Gasteiger partial charge >= 0.3 is 0 Å². The van der Waals surface area contributed by atoms with Gasteiger partial charge in [-0.25, -0.2) is 0 Å². The Kier molecular flexibility index (Phi) is 4.06. The van der Waals surface area contributed by atoms with Gasteiger partial charge in [-0.3, -0.25) is 4.79 Å². The number of amides is 1. The highest BCUT2D eigenvalue weighted by Crippen LogP contribution is 2.65. The SMILES string of the molecule is CC(CN)CCCNC(=O)C12CC3CC(CC(C)(C3)C1)C2. The summed E-state index contributed by atoms with van der Waals surface area (Å²) in [4.78, 5) is 12.8. The molecule has 4 saturated carbocycles. The summed E-state index contributed by atoms with van der Waals surface area (Å²) in [5.41, 5.74) is 6.08. The molecule has 0 aromatic rings. The number of hydrogen-bond donors (Lipinski definition) is 2. The maximum Gasteiger partial charge on any atom is 0.226 e. The van der Waals surface area contributed by atoms with Gasteiger partial charge in [0.2, 0.25) is 5.91 Å². The van der Waals surface area contributed by atoms with E-state index < -0.39 is 0 Å². The molecule has 4 aliphatic rings. The Morgan fingerprint density at radius 1 is 1.29 bits per heavy atom. The van der Waals surface area contributed by atoms with E-state index >= 15 is 0 Å². The van der Waals surface area contributed by atoms with Crippen molar-refractivity contribution in [3.8, 4) is 0 Å². The van der Waals surface area contributed by atoms with Gasteiger partial charge in [0.25, 0.3) is 0 Å². The van der Waals surface area contributed by atoms with Crippen LogP contribution in [0.2, 0.25) is 0 Å². The summed E-state index contributed by atoms with van der Waals surface area (Å²) >= 11 is 0. The summed E-state index contributed by atoms with van der Waals surface area (Å²) in [5, 5.41) is 3.26. The fourth-order valence-electron chi connectivity index (χ4n) is 5.94. The standard InChI is InChI=1S/C18H32N2O/c1-13(11-19)4-3-5-20-16(21)18-9-14-6-15(10-18)8-17(2,7-14)12-18/h13-15H,3-12,19H2,1-2H3,(H,20,21). The lowest BCUT2D eigenvalue weighted by atomic mass is 9.44. The van der Waals surface area contributed by atoms with Crippen LogP contribution in [0.3, 0.4) is 0 Å². The third-order valence-corrected chi connectivity index (χ3v) is 6.40. The summed E-state index contributed by atoms with van der Waals surface area (Å²) in [5.74, 6) is 2.57. The van der Waals surface area contributed by atoms with Crippen molar-refractivity contribution in [2.45, 2.75) is 65.2 Å². The average Bonchev–Trinajstić information content (AvgIpc) is 2.40. The Morgan fingerprint density at radius 3 is 2.52 bits per heavy atom. The van der Waals surface area contributed by atoms with Gasteiger partial charge in [0.1, 0.15) is 0 Å². The molecule has 0 spiro atoms. The first-order valence-corrected chi connectivity index (χ1v) is 8.93. The molecule has 1 amide bonds. The molecule has 3 N–H and O–H groups in total. The van der Waals surface area contributed by atoms with Crippen molar-refractivity contribution in [3.63, 3.8) is 0 Å². The van der Waals surface area contributed by atoms with E-state index in [2.05, 4.69) is 19.2 Å².